The fraction of sp³-hybridized carbons (Fsp3) is 0.900. The summed E-state index contributed by atoms with van der Waals surface area (Å²) in [5.74, 6) is -0.307. The van der Waals surface area contributed by atoms with Crippen LogP contribution < -0.4 is 0 Å². The first-order valence-corrected chi connectivity index (χ1v) is 5.12. The van der Waals surface area contributed by atoms with Crippen LogP contribution in [0.15, 0.2) is 0 Å². The van der Waals surface area contributed by atoms with Gasteiger partial charge >= 0.3 is 5.97 Å². The molecule has 1 saturated heterocycles. The third-order valence-corrected chi connectivity index (χ3v) is 3.04. The number of carbonyl (C=O) groups is 1. The van der Waals surface area contributed by atoms with Crippen molar-refractivity contribution in [2.45, 2.75) is 44.8 Å². The molecular weight excluding hydrogens is 168 g/mol. The molecule has 0 aromatic carbocycles. The Hall–Kier alpha value is -0.570. The van der Waals surface area contributed by atoms with Crippen molar-refractivity contribution in [1.82, 2.24) is 0 Å². The number of rotatable bonds is 2. The van der Waals surface area contributed by atoms with Crippen LogP contribution in [-0.2, 0) is 14.3 Å². The van der Waals surface area contributed by atoms with Crippen LogP contribution in [0, 0.1) is 5.92 Å². The van der Waals surface area contributed by atoms with Crippen molar-refractivity contribution in [2.24, 2.45) is 5.92 Å². The summed E-state index contributed by atoms with van der Waals surface area (Å²) in [7, 11) is 0. The highest BCUT2D eigenvalue weighted by atomic mass is 16.7. The quantitative estimate of drug-likeness (QED) is 0.614. The summed E-state index contributed by atoms with van der Waals surface area (Å²) in [4.78, 5) is 11.2. The van der Waals surface area contributed by atoms with Gasteiger partial charge < -0.3 is 9.47 Å². The highest BCUT2D eigenvalue weighted by Gasteiger charge is 2.51. The second-order valence-electron chi connectivity index (χ2n) is 3.87. The lowest BCUT2D eigenvalue weighted by Crippen LogP contribution is -2.41. The van der Waals surface area contributed by atoms with Gasteiger partial charge in [-0.25, -0.2) is 0 Å². The minimum atomic E-state index is -0.538. The zero-order chi connectivity index (χ0) is 9.31. The van der Waals surface area contributed by atoms with Gasteiger partial charge in [-0.3, -0.25) is 4.79 Å². The van der Waals surface area contributed by atoms with Gasteiger partial charge in [0.15, 0.2) is 0 Å². The molecule has 2 aliphatic rings. The van der Waals surface area contributed by atoms with Gasteiger partial charge in [0.05, 0.1) is 6.42 Å². The van der Waals surface area contributed by atoms with E-state index in [2.05, 4.69) is 0 Å². The van der Waals surface area contributed by atoms with Crippen LogP contribution in [0.2, 0.25) is 0 Å². The van der Waals surface area contributed by atoms with Gasteiger partial charge in [-0.05, 0) is 19.8 Å². The molecule has 2 atom stereocenters. The number of hydrogen-bond donors (Lipinski definition) is 0. The molecule has 1 aliphatic heterocycles. The molecule has 2 unspecified atom stereocenters. The molecular formula is C10H16O3. The van der Waals surface area contributed by atoms with Gasteiger partial charge in [-0.2, -0.15) is 0 Å². The summed E-state index contributed by atoms with van der Waals surface area (Å²) >= 11 is 0. The van der Waals surface area contributed by atoms with Crippen LogP contribution in [-0.4, -0.2) is 18.4 Å². The molecule has 0 N–H and O–H groups in total. The van der Waals surface area contributed by atoms with Crippen LogP contribution >= 0.6 is 0 Å². The van der Waals surface area contributed by atoms with E-state index in [4.69, 9.17) is 9.47 Å². The predicted octanol–water partition coefficient (Wildman–Crippen LogP) is 1.86. The normalized spacial score (nSPS) is 38.5. The van der Waals surface area contributed by atoms with E-state index in [9.17, 15) is 4.79 Å². The molecule has 1 saturated carbocycles. The van der Waals surface area contributed by atoms with Crippen LogP contribution in [0.5, 0.6) is 0 Å². The smallest absolute Gasteiger partial charge is 0.308 e. The van der Waals surface area contributed by atoms with E-state index in [0.717, 1.165) is 19.3 Å². The summed E-state index contributed by atoms with van der Waals surface area (Å²) in [6.45, 7) is 2.58. The van der Waals surface area contributed by atoms with E-state index in [1.54, 1.807) is 0 Å². The Balaban J connectivity index is 2.14. The average molecular weight is 184 g/mol. The third-order valence-electron chi connectivity index (χ3n) is 3.04. The summed E-state index contributed by atoms with van der Waals surface area (Å²) in [6, 6.07) is 0. The van der Waals surface area contributed by atoms with E-state index in [-0.39, 0.29) is 5.97 Å². The Morgan fingerprint density at radius 2 is 2.46 bits per heavy atom. The molecule has 0 aromatic heterocycles. The van der Waals surface area contributed by atoms with Crippen molar-refractivity contribution in [1.29, 1.82) is 0 Å². The Morgan fingerprint density at radius 1 is 1.62 bits per heavy atom. The largest absolute Gasteiger partial charge is 0.433 e. The molecule has 0 spiro atoms. The minimum Gasteiger partial charge on any atom is -0.433 e. The first-order valence-electron chi connectivity index (χ1n) is 5.12. The van der Waals surface area contributed by atoms with Crippen molar-refractivity contribution >= 4 is 5.97 Å². The van der Waals surface area contributed by atoms with Gasteiger partial charge in [-0.1, -0.05) is 6.42 Å². The van der Waals surface area contributed by atoms with E-state index in [1.165, 1.54) is 6.42 Å². The molecule has 74 valence electrons. The predicted molar refractivity (Wildman–Crippen MR) is 47.0 cm³/mol. The SMILES string of the molecule is CCOC12CCCCC1CC(=O)O2. The number of ether oxygens (including phenoxy) is 2. The first-order chi connectivity index (χ1) is 6.27. The molecule has 3 nitrogen and oxygen atoms in total. The van der Waals surface area contributed by atoms with Crippen LogP contribution in [0.3, 0.4) is 0 Å². The molecule has 1 heterocycles. The van der Waals surface area contributed by atoms with Crippen LogP contribution in [0.1, 0.15) is 39.0 Å². The lowest BCUT2D eigenvalue weighted by atomic mass is 9.83. The summed E-state index contributed by atoms with van der Waals surface area (Å²) in [5, 5.41) is 0. The number of hydrogen-bond acceptors (Lipinski definition) is 3. The van der Waals surface area contributed by atoms with E-state index < -0.39 is 5.79 Å². The van der Waals surface area contributed by atoms with Crippen molar-refractivity contribution < 1.29 is 14.3 Å². The maximum absolute atomic E-state index is 11.2. The number of fused-ring (bicyclic) bond motifs is 1. The third kappa shape index (κ3) is 1.46. The van der Waals surface area contributed by atoms with Gasteiger partial charge in [0.25, 0.3) is 0 Å². The molecule has 0 amide bonds. The monoisotopic (exact) mass is 184 g/mol. The average Bonchev–Trinajstić information content (AvgIpc) is 2.41. The number of esters is 1. The molecule has 13 heavy (non-hydrogen) atoms. The van der Waals surface area contributed by atoms with E-state index in [0.29, 0.717) is 18.9 Å². The maximum Gasteiger partial charge on any atom is 0.308 e. The fourth-order valence-electron chi connectivity index (χ4n) is 2.48. The van der Waals surface area contributed by atoms with Gasteiger partial charge in [-0.15, -0.1) is 0 Å². The maximum atomic E-state index is 11.2. The molecule has 3 heteroatoms. The van der Waals surface area contributed by atoms with E-state index >= 15 is 0 Å². The Bertz CT molecular complexity index is 210. The second-order valence-corrected chi connectivity index (χ2v) is 3.87. The van der Waals surface area contributed by atoms with Crippen molar-refractivity contribution in [3.8, 4) is 0 Å². The molecule has 2 fully saturated rings. The molecule has 1 aliphatic carbocycles. The molecule has 2 rings (SSSR count). The van der Waals surface area contributed by atoms with Gasteiger partial charge in [0.2, 0.25) is 5.79 Å². The highest BCUT2D eigenvalue weighted by molar-refractivity contribution is 5.72. The number of carbonyl (C=O) groups excluding carboxylic acids is 1. The van der Waals surface area contributed by atoms with Crippen molar-refractivity contribution in [3.05, 3.63) is 0 Å². The van der Waals surface area contributed by atoms with Gasteiger partial charge in [0, 0.05) is 18.9 Å². The van der Waals surface area contributed by atoms with Crippen molar-refractivity contribution in [2.75, 3.05) is 6.61 Å². The summed E-state index contributed by atoms with van der Waals surface area (Å²) in [6.07, 6.45) is 4.84. The highest BCUT2D eigenvalue weighted by Crippen LogP contribution is 2.44. The topological polar surface area (TPSA) is 35.5 Å². The zero-order valence-corrected chi connectivity index (χ0v) is 8.04. The molecule has 0 radical (unpaired) electrons. The summed E-state index contributed by atoms with van der Waals surface area (Å²) in [5.41, 5.74) is 0. The molecule has 0 bridgehead atoms. The van der Waals surface area contributed by atoms with E-state index in [1.807, 2.05) is 6.92 Å². The first kappa shape index (κ1) is 9.00. The standard InChI is InChI=1S/C10H16O3/c1-2-12-10-6-4-3-5-8(10)7-9(11)13-10/h8H,2-7H2,1H3. The zero-order valence-electron chi connectivity index (χ0n) is 8.04. The van der Waals surface area contributed by atoms with Crippen LogP contribution in [0.4, 0.5) is 0 Å². The Labute approximate surface area is 78.4 Å². The van der Waals surface area contributed by atoms with Crippen LogP contribution in [0.25, 0.3) is 0 Å². The lowest BCUT2D eigenvalue weighted by Gasteiger charge is -2.36. The second kappa shape index (κ2) is 3.29. The fourth-order valence-corrected chi connectivity index (χ4v) is 2.48. The minimum absolute atomic E-state index is 0.0830. The molecule has 0 aromatic rings. The lowest BCUT2D eigenvalue weighted by molar-refractivity contribution is -0.237. The Kier molecular flexibility index (Phi) is 2.28. The van der Waals surface area contributed by atoms with Gasteiger partial charge in [0.1, 0.15) is 0 Å². The van der Waals surface area contributed by atoms with Crippen molar-refractivity contribution in [3.63, 3.8) is 0 Å². The summed E-state index contributed by atoms with van der Waals surface area (Å²) < 4.78 is 11.0. The Morgan fingerprint density at radius 3 is 3.23 bits per heavy atom.